The summed E-state index contributed by atoms with van der Waals surface area (Å²) in [5.41, 5.74) is 3.75. The average molecular weight is 389 g/mol. The van der Waals surface area contributed by atoms with Crippen LogP contribution in [0.1, 0.15) is 17.7 Å². The molecule has 1 aliphatic carbocycles. The Morgan fingerprint density at radius 2 is 1.86 bits per heavy atom. The molecule has 1 fully saturated rings. The van der Waals surface area contributed by atoms with Gasteiger partial charge in [-0.1, -0.05) is 18.2 Å². The molecule has 2 aromatic rings. The van der Waals surface area contributed by atoms with E-state index in [0.717, 1.165) is 78.1 Å². The maximum absolute atomic E-state index is 11.0. The number of nitrogens with one attached hydrogen (secondary N) is 1. The van der Waals surface area contributed by atoms with E-state index in [1.54, 1.807) is 0 Å². The third kappa shape index (κ3) is 3.57. The molecule has 3 heterocycles. The van der Waals surface area contributed by atoms with E-state index in [-0.39, 0.29) is 0 Å². The minimum absolute atomic E-state index is 0.658. The summed E-state index contributed by atoms with van der Waals surface area (Å²) in [5, 5.41) is 9.44. The van der Waals surface area contributed by atoms with Crippen LogP contribution in [-0.4, -0.2) is 31.2 Å². The molecule has 0 unspecified atom stereocenters. The quantitative estimate of drug-likeness (QED) is 0.814. The Kier molecular flexibility index (Phi) is 4.87. The molecule has 0 atom stereocenters. The third-order valence-electron chi connectivity index (χ3n) is 5.72. The Bertz CT molecular complexity index is 1200. The van der Waals surface area contributed by atoms with E-state index in [1.807, 2.05) is 30.6 Å². The van der Waals surface area contributed by atoms with Crippen LogP contribution in [0.2, 0.25) is 0 Å². The van der Waals surface area contributed by atoms with Crippen LogP contribution in [0.3, 0.4) is 0 Å². The first-order chi connectivity index (χ1) is 14.3. The molecule has 3 aliphatic rings. The molecule has 1 aromatic heterocycles. The minimum Gasteiger partial charge on any atom is -0.459 e. The zero-order valence-electron chi connectivity index (χ0n) is 16.2. The summed E-state index contributed by atoms with van der Waals surface area (Å²) in [6.45, 7) is 4.14. The summed E-state index contributed by atoms with van der Waals surface area (Å²) in [6, 6.07) is 8.42. The van der Waals surface area contributed by atoms with Crippen molar-refractivity contribution in [2.45, 2.75) is 19.4 Å². The van der Waals surface area contributed by atoms with Crippen LogP contribution in [0.5, 0.6) is 0 Å². The SMILES string of the molecule is O=NC1=c2ccc(=c3cc(CN4CCOCC4)oc3=C3C=CNC=C3)cc2CC1. The van der Waals surface area contributed by atoms with Crippen LogP contribution >= 0.6 is 0 Å². The second-order valence-electron chi connectivity index (χ2n) is 7.54. The fourth-order valence-corrected chi connectivity index (χ4v) is 4.20. The predicted octanol–water partition coefficient (Wildman–Crippen LogP) is 2.00. The monoisotopic (exact) mass is 389 g/mol. The van der Waals surface area contributed by atoms with Gasteiger partial charge in [-0.05, 0) is 47.0 Å². The summed E-state index contributed by atoms with van der Waals surface area (Å²) in [7, 11) is 0. The molecule has 0 saturated carbocycles. The largest absolute Gasteiger partial charge is 0.459 e. The highest BCUT2D eigenvalue weighted by atomic mass is 16.5. The molecule has 1 aromatic carbocycles. The van der Waals surface area contributed by atoms with Gasteiger partial charge in [-0.15, -0.1) is 4.91 Å². The molecule has 0 amide bonds. The van der Waals surface area contributed by atoms with Gasteiger partial charge in [-0.3, -0.25) is 4.90 Å². The van der Waals surface area contributed by atoms with E-state index in [4.69, 9.17) is 9.15 Å². The van der Waals surface area contributed by atoms with Gasteiger partial charge in [0, 0.05) is 41.5 Å². The molecule has 5 rings (SSSR count). The average Bonchev–Trinajstić information content (AvgIpc) is 3.38. The Labute approximate surface area is 168 Å². The van der Waals surface area contributed by atoms with Gasteiger partial charge >= 0.3 is 0 Å². The van der Waals surface area contributed by atoms with E-state index in [2.05, 4.69) is 33.6 Å². The number of allylic oxidation sites excluding steroid dienone is 2. The molecule has 0 bridgehead atoms. The number of aryl methyl sites for hydroxylation is 1. The molecule has 0 radical (unpaired) electrons. The Morgan fingerprint density at radius 3 is 2.66 bits per heavy atom. The van der Waals surface area contributed by atoms with Gasteiger partial charge in [0.2, 0.25) is 0 Å². The van der Waals surface area contributed by atoms with Crippen LogP contribution in [0.25, 0.3) is 11.3 Å². The van der Waals surface area contributed by atoms with Crippen molar-refractivity contribution in [1.82, 2.24) is 10.2 Å². The molecular weight excluding hydrogens is 366 g/mol. The van der Waals surface area contributed by atoms with Gasteiger partial charge in [0.1, 0.15) is 11.2 Å². The summed E-state index contributed by atoms with van der Waals surface area (Å²) in [4.78, 5) is 13.4. The Hall–Kier alpha value is -2.96. The molecule has 0 spiro atoms. The molecule has 6 heteroatoms. The second kappa shape index (κ2) is 7.81. The standard InChI is InChI=1S/C23H23N3O3/c27-25-22-4-2-17-13-18(1-3-20(17)22)21-14-19(15-26-9-11-28-12-10-26)29-23(21)16-5-7-24-8-6-16/h1,3,5-8,13-14,24H,2,4,9-12,15H2. The number of rotatable bonds is 3. The molecule has 148 valence electrons. The topological polar surface area (TPSA) is 67.1 Å². The number of dihydropyridines is 1. The summed E-state index contributed by atoms with van der Waals surface area (Å²) in [5.74, 6) is 0.951. The number of nitrogens with zero attached hydrogens (tertiary/aromatic N) is 2. The Morgan fingerprint density at radius 1 is 1.03 bits per heavy atom. The lowest BCUT2D eigenvalue weighted by Gasteiger charge is -2.25. The maximum atomic E-state index is 11.0. The molecule has 2 aliphatic heterocycles. The number of furan rings is 1. The Balaban J connectivity index is 1.70. The van der Waals surface area contributed by atoms with Crippen LogP contribution in [0.15, 0.2) is 58.4 Å². The van der Waals surface area contributed by atoms with Crippen LogP contribution < -0.4 is 16.0 Å². The van der Waals surface area contributed by atoms with E-state index in [0.29, 0.717) is 5.70 Å². The summed E-state index contributed by atoms with van der Waals surface area (Å²) in [6.07, 6.45) is 9.44. The van der Waals surface area contributed by atoms with E-state index < -0.39 is 0 Å². The number of fused-ring (bicyclic) bond motifs is 1. The number of morpholine rings is 1. The van der Waals surface area contributed by atoms with Crippen molar-refractivity contribution in [3.63, 3.8) is 0 Å². The molecule has 1 saturated heterocycles. The first kappa shape index (κ1) is 18.1. The number of nitroso groups, excluding NO2 is 1. The van der Waals surface area contributed by atoms with Crippen LogP contribution in [0, 0.1) is 15.3 Å². The van der Waals surface area contributed by atoms with Crippen molar-refractivity contribution in [3.05, 3.63) is 86.1 Å². The number of hydrogen-bond donors (Lipinski definition) is 1. The zero-order valence-corrected chi connectivity index (χ0v) is 16.2. The highest BCUT2D eigenvalue weighted by Gasteiger charge is 2.15. The predicted molar refractivity (Wildman–Crippen MR) is 111 cm³/mol. The normalized spacial score (nSPS) is 20.0. The van der Waals surface area contributed by atoms with Gasteiger partial charge in [0.25, 0.3) is 0 Å². The van der Waals surface area contributed by atoms with Gasteiger partial charge < -0.3 is 14.5 Å². The van der Waals surface area contributed by atoms with Crippen molar-refractivity contribution in [1.29, 1.82) is 0 Å². The lowest BCUT2D eigenvalue weighted by atomic mass is 10.1. The smallest absolute Gasteiger partial charge is 0.142 e. The molecule has 1 N–H and O–H groups in total. The summed E-state index contributed by atoms with van der Waals surface area (Å²) < 4.78 is 11.8. The highest BCUT2D eigenvalue weighted by Crippen LogP contribution is 2.16. The van der Waals surface area contributed by atoms with Gasteiger partial charge in [-0.2, -0.15) is 0 Å². The molecule has 29 heavy (non-hydrogen) atoms. The zero-order chi connectivity index (χ0) is 19.6. The van der Waals surface area contributed by atoms with Crippen molar-refractivity contribution < 1.29 is 9.15 Å². The van der Waals surface area contributed by atoms with Gasteiger partial charge in [0.15, 0.2) is 0 Å². The number of benzene rings is 1. The highest BCUT2D eigenvalue weighted by molar-refractivity contribution is 5.66. The maximum Gasteiger partial charge on any atom is 0.142 e. The van der Waals surface area contributed by atoms with Crippen molar-refractivity contribution >= 4 is 11.3 Å². The fraction of sp³-hybridized carbons (Fsp3) is 0.304. The molecular formula is C23H23N3O3. The number of ether oxygens (including phenoxy) is 1. The van der Waals surface area contributed by atoms with Crippen LogP contribution in [0.4, 0.5) is 0 Å². The third-order valence-corrected chi connectivity index (χ3v) is 5.72. The molecule has 6 nitrogen and oxygen atoms in total. The lowest BCUT2D eigenvalue weighted by Crippen LogP contribution is -2.35. The van der Waals surface area contributed by atoms with Crippen LogP contribution in [-0.2, 0) is 17.7 Å². The first-order valence-electron chi connectivity index (χ1n) is 10.0. The first-order valence-corrected chi connectivity index (χ1v) is 10.0. The van der Waals surface area contributed by atoms with Gasteiger partial charge in [0.05, 0.1) is 25.5 Å². The minimum atomic E-state index is 0.658. The summed E-state index contributed by atoms with van der Waals surface area (Å²) >= 11 is 0. The van der Waals surface area contributed by atoms with Crippen molar-refractivity contribution in [2.75, 3.05) is 26.3 Å². The van der Waals surface area contributed by atoms with E-state index >= 15 is 0 Å². The van der Waals surface area contributed by atoms with E-state index in [9.17, 15) is 4.91 Å². The van der Waals surface area contributed by atoms with Gasteiger partial charge in [-0.25, -0.2) is 0 Å². The fourth-order valence-electron chi connectivity index (χ4n) is 4.20. The lowest BCUT2D eigenvalue weighted by molar-refractivity contribution is 0.0312. The van der Waals surface area contributed by atoms with Crippen molar-refractivity contribution in [2.24, 2.45) is 5.18 Å². The van der Waals surface area contributed by atoms with E-state index in [1.165, 1.54) is 5.56 Å². The second-order valence-corrected chi connectivity index (χ2v) is 7.54. The van der Waals surface area contributed by atoms with Crippen molar-refractivity contribution in [3.8, 4) is 0 Å². The number of hydrogen-bond acceptors (Lipinski definition) is 6.